The fourth-order valence-electron chi connectivity index (χ4n) is 0. The monoisotopic (exact) mass is 362 g/mol. The van der Waals surface area contributed by atoms with Gasteiger partial charge in [0.1, 0.15) is 0 Å². The molecule has 0 amide bonds. The summed E-state index contributed by atoms with van der Waals surface area (Å²) in [6.07, 6.45) is 0. The summed E-state index contributed by atoms with van der Waals surface area (Å²) in [7, 11) is 1.32. The molecule has 4 heteroatoms. The van der Waals surface area contributed by atoms with Crippen LogP contribution in [0.5, 0.6) is 0 Å². The van der Waals surface area contributed by atoms with Gasteiger partial charge in [0.05, 0.1) is 0 Å². The van der Waals surface area contributed by atoms with Crippen LogP contribution in [0.1, 0.15) is 0 Å². The van der Waals surface area contributed by atoms with Gasteiger partial charge >= 0.3 is 71.3 Å². The topological polar surface area (TPSA) is 0 Å². The van der Waals surface area contributed by atoms with Crippen molar-refractivity contribution in [2.24, 2.45) is 0 Å². The van der Waals surface area contributed by atoms with Gasteiger partial charge < -0.3 is 0 Å². The molecule has 0 saturated heterocycles. The van der Waals surface area contributed by atoms with Crippen molar-refractivity contribution in [1.82, 2.24) is 0 Å². The summed E-state index contributed by atoms with van der Waals surface area (Å²) < 4.78 is 0. The molecule has 4 heavy (non-hydrogen) atoms. The van der Waals surface area contributed by atoms with Crippen LogP contribution in [0, 0.1) is 0 Å². The Morgan fingerprint density at radius 3 is 1.25 bits per heavy atom. The van der Waals surface area contributed by atoms with E-state index in [9.17, 15) is 0 Å². The molecular formula is H9GeSbSiTe. The van der Waals surface area contributed by atoms with Gasteiger partial charge in [-0.3, -0.25) is 0 Å². The third kappa shape index (κ3) is 8.84. The van der Waals surface area contributed by atoms with Crippen LogP contribution in [0.4, 0.5) is 0 Å². The van der Waals surface area contributed by atoms with Crippen LogP contribution < -0.4 is 0 Å². The first kappa shape index (κ1) is 16.2. The summed E-state index contributed by atoms with van der Waals surface area (Å²) in [6, 6.07) is 0. The number of hydrogen-bond donors (Lipinski definition) is 0. The van der Waals surface area contributed by atoms with Gasteiger partial charge in [-0.1, -0.05) is 0 Å². The molecule has 0 saturated carbocycles. The van der Waals surface area contributed by atoms with Gasteiger partial charge in [-0.25, -0.2) is 0 Å². The fraction of sp³-hybridized carbons (Fsp3) is 0. The molecular weight excluding hydrogens is 350 g/mol. The van der Waals surface area contributed by atoms with Gasteiger partial charge in [0, 0.05) is 0 Å². The predicted octanol–water partition coefficient (Wildman–Crippen LogP) is -3.93. The van der Waals surface area contributed by atoms with Crippen molar-refractivity contribution in [3.8, 4) is 0 Å². The molecule has 0 aromatic rings. The quantitative estimate of drug-likeness (QED) is 0.388. The first-order valence-electron chi connectivity index (χ1n) is 0.408. The van der Waals surface area contributed by atoms with Gasteiger partial charge in [0.15, 0.2) is 0 Å². The average Bonchev–Trinajstić information content (AvgIpc) is 1.00. The first-order chi connectivity index (χ1) is 1.00. The predicted molar refractivity (Wildman–Crippen MR) is 35.6 cm³/mol. The molecule has 0 aliphatic heterocycles. The summed E-state index contributed by atoms with van der Waals surface area (Å²) in [5.74, 6) is 0. The van der Waals surface area contributed by atoms with Crippen LogP contribution in [0.3, 0.4) is 0 Å². The van der Waals surface area contributed by atoms with E-state index in [0.29, 0.717) is 0 Å². The summed E-state index contributed by atoms with van der Waals surface area (Å²) in [5.41, 5.74) is 0. The molecule has 0 unspecified atom stereocenters. The van der Waals surface area contributed by atoms with Gasteiger partial charge in [-0.2, -0.15) is 0 Å². The number of hydrogen-bond acceptors (Lipinski definition) is 0. The van der Waals surface area contributed by atoms with Crippen molar-refractivity contribution in [1.29, 1.82) is 0 Å². The van der Waals surface area contributed by atoms with Crippen LogP contribution in [0.25, 0.3) is 0 Å². The zero-order chi connectivity index (χ0) is 2.00. The minimum atomic E-state index is 0. The zero-order valence-corrected chi connectivity index (χ0v) is 9.61. The van der Waals surface area contributed by atoms with Crippen LogP contribution >= 0.6 is 0 Å². The second-order valence-corrected chi connectivity index (χ2v) is 0. The molecule has 0 aliphatic carbocycles. The van der Waals surface area contributed by atoms with Gasteiger partial charge in [-0.15, -0.1) is 0 Å². The Kier molecular flexibility index (Phi) is 73.9. The van der Waals surface area contributed by atoms with Gasteiger partial charge in [0.2, 0.25) is 0 Å². The standard InChI is InChI=1S/GeH4.Sb.H3SiTe.2H/c;;1-2;;/h1H4;;1H3;;. The van der Waals surface area contributed by atoms with E-state index in [4.69, 9.17) is 0 Å². The third-order valence-corrected chi connectivity index (χ3v) is 0. The second-order valence-electron chi connectivity index (χ2n) is 0. The van der Waals surface area contributed by atoms with Crippen LogP contribution in [0.2, 0.25) is 0 Å². The van der Waals surface area contributed by atoms with Crippen molar-refractivity contribution in [3.05, 3.63) is 0 Å². The van der Waals surface area contributed by atoms with E-state index >= 15 is 0 Å². The van der Waals surface area contributed by atoms with Crippen molar-refractivity contribution >= 4 is 71.3 Å². The Labute approximate surface area is 70.3 Å². The summed E-state index contributed by atoms with van der Waals surface area (Å²) in [6.45, 7) is 0. The summed E-state index contributed by atoms with van der Waals surface area (Å²) in [4.78, 5) is 0. The number of rotatable bonds is 0. The summed E-state index contributed by atoms with van der Waals surface area (Å²) >= 11 is 2.09. The van der Waals surface area contributed by atoms with E-state index in [1.54, 1.807) is 0 Å². The SMILES string of the molecule is [GeH4].[SbH2].[SiH3][Te]. The molecule has 0 aliphatic rings. The molecule has 0 heterocycles. The molecule has 0 bridgehead atoms. The minimum absolute atomic E-state index is 0. The van der Waals surface area contributed by atoms with E-state index in [1.165, 1.54) is 7.79 Å². The zero-order valence-electron chi connectivity index (χ0n) is 1.99. The van der Waals surface area contributed by atoms with Crippen molar-refractivity contribution < 1.29 is 0 Å². The Morgan fingerprint density at radius 2 is 1.25 bits per heavy atom. The van der Waals surface area contributed by atoms with Crippen LogP contribution in [-0.4, -0.2) is 71.3 Å². The van der Waals surface area contributed by atoms with E-state index < -0.39 is 0 Å². The van der Waals surface area contributed by atoms with Gasteiger partial charge in [0.25, 0.3) is 0 Å². The average molecular weight is 359 g/mol. The Morgan fingerprint density at radius 1 is 1.25 bits per heavy atom. The van der Waals surface area contributed by atoms with Crippen molar-refractivity contribution in [2.75, 3.05) is 0 Å². The molecule has 0 fully saturated rings. The molecule has 28 valence electrons. The molecule has 2 radical (unpaired) electrons. The second kappa shape index (κ2) is 18.3. The first-order valence-corrected chi connectivity index (χ1v) is 8.22. The molecule has 0 atom stereocenters. The molecule has 0 aromatic carbocycles. The fourth-order valence-corrected chi connectivity index (χ4v) is 0. The van der Waals surface area contributed by atoms with E-state index in [0.717, 1.165) is 0 Å². The molecule has 0 N–H and O–H groups in total. The molecule has 0 rings (SSSR count). The Bertz CT molecular complexity index is 8.00. The van der Waals surface area contributed by atoms with Gasteiger partial charge in [-0.05, 0) is 0 Å². The van der Waals surface area contributed by atoms with Crippen molar-refractivity contribution in [2.45, 2.75) is 0 Å². The van der Waals surface area contributed by atoms with Crippen LogP contribution in [-0.2, 0) is 0 Å². The Hall–Kier alpha value is 2.37. The van der Waals surface area contributed by atoms with E-state index in [1.807, 2.05) is 0 Å². The Balaban J connectivity index is -0.00000000500. The van der Waals surface area contributed by atoms with E-state index in [2.05, 4.69) is 21.5 Å². The maximum absolute atomic E-state index is 2.09. The van der Waals surface area contributed by atoms with Crippen LogP contribution in [0.15, 0.2) is 0 Å². The van der Waals surface area contributed by atoms with Crippen molar-refractivity contribution in [3.63, 3.8) is 0 Å². The third-order valence-electron chi connectivity index (χ3n) is 0. The maximum atomic E-state index is 2.09. The van der Waals surface area contributed by atoms with E-state index in [-0.39, 0.29) is 42.0 Å². The summed E-state index contributed by atoms with van der Waals surface area (Å²) in [5, 5.41) is 0. The molecule has 0 aromatic heterocycles. The molecule has 0 nitrogen and oxygen atoms in total. The molecule has 0 spiro atoms. The normalized spacial score (nSPS) is 2.25.